The first-order valence-electron chi connectivity index (χ1n) is 4.72. The van der Waals surface area contributed by atoms with Gasteiger partial charge >= 0.3 is 5.97 Å². The van der Waals surface area contributed by atoms with Crippen molar-refractivity contribution < 1.29 is 24.2 Å². The lowest BCUT2D eigenvalue weighted by Crippen LogP contribution is -2.27. The van der Waals surface area contributed by atoms with Crippen LogP contribution in [0.3, 0.4) is 0 Å². The second-order valence-corrected chi connectivity index (χ2v) is 2.85. The number of nitrogens with one attached hydrogen (secondary N) is 1. The van der Waals surface area contributed by atoms with Gasteiger partial charge in [0, 0.05) is 20.1 Å². The Hall–Kier alpha value is -1.14. The van der Waals surface area contributed by atoms with Crippen LogP contribution in [0, 0.1) is 0 Å². The zero-order chi connectivity index (χ0) is 11.5. The molecule has 0 saturated heterocycles. The third-order valence-electron chi connectivity index (χ3n) is 1.57. The maximum atomic E-state index is 11.0. The SMILES string of the molecule is COCCOCCC(=O)NCCC(=O)O. The van der Waals surface area contributed by atoms with Crippen molar-refractivity contribution in [3.05, 3.63) is 0 Å². The van der Waals surface area contributed by atoms with Gasteiger partial charge in [0.15, 0.2) is 0 Å². The molecule has 1 amide bonds. The Kier molecular flexibility index (Phi) is 8.70. The minimum absolute atomic E-state index is 0.0593. The molecule has 0 heterocycles. The topological polar surface area (TPSA) is 84.9 Å². The molecule has 88 valence electrons. The van der Waals surface area contributed by atoms with Gasteiger partial charge in [-0.2, -0.15) is 0 Å². The molecular weight excluding hydrogens is 202 g/mol. The van der Waals surface area contributed by atoms with Gasteiger partial charge < -0.3 is 19.9 Å². The van der Waals surface area contributed by atoms with E-state index in [9.17, 15) is 9.59 Å². The monoisotopic (exact) mass is 219 g/mol. The second-order valence-electron chi connectivity index (χ2n) is 2.85. The third-order valence-corrected chi connectivity index (χ3v) is 1.57. The van der Waals surface area contributed by atoms with Gasteiger partial charge in [0.2, 0.25) is 5.91 Å². The molecule has 0 fully saturated rings. The minimum Gasteiger partial charge on any atom is -0.481 e. The van der Waals surface area contributed by atoms with Crippen LogP contribution < -0.4 is 5.32 Å². The summed E-state index contributed by atoms with van der Waals surface area (Å²) in [7, 11) is 1.57. The highest BCUT2D eigenvalue weighted by molar-refractivity contribution is 5.76. The van der Waals surface area contributed by atoms with Crippen LogP contribution in [0.2, 0.25) is 0 Å². The highest BCUT2D eigenvalue weighted by Crippen LogP contribution is 1.84. The van der Waals surface area contributed by atoms with Crippen LogP contribution in [0.15, 0.2) is 0 Å². The van der Waals surface area contributed by atoms with E-state index in [2.05, 4.69) is 5.32 Å². The van der Waals surface area contributed by atoms with E-state index in [4.69, 9.17) is 14.6 Å². The fraction of sp³-hybridized carbons (Fsp3) is 0.778. The van der Waals surface area contributed by atoms with Crippen LogP contribution in [0.1, 0.15) is 12.8 Å². The van der Waals surface area contributed by atoms with Gasteiger partial charge in [-0.15, -0.1) is 0 Å². The van der Waals surface area contributed by atoms with Gasteiger partial charge in [0.25, 0.3) is 0 Å². The summed E-state index contributed by atoms with van der Waals surface area (Å²) in [4.78, 5) is 21.2. The van der Waals surface area contributed by atoms with Crippen molar-refractivity contribution >= 4 is 11.9 Å². The van der Waals surface area contributed by atoms with Crippen LogP contribution in [-0.2, 0) is 19.1 Å². The zero-order valence-corrected chi connectivity index (χ0v) is 8.82. The molecular formula is C9H17NO5. The van der Waals surface area contributed by atoms with Gasteiger partial charge in [0.05, 0.1) is 26.2 Å². The lowest BCUT2D eigenvalue weighted by Gasteiger charge is -2.04. The molecule has 0 aromatic heterocycles. The molecule has 0 unspecified atom stereocenters. The van der Waals surface area contributed by atoms with Crippen LogP contribution in [0.4, 0.5) is 0 Å². The Morgan fingerprint density at radius 2 is 1.93 bits per heavy atom. The number of methoxy groups -OCH3 is 1. The van der Waals surface area contributed by atoms with Crippen molar-refractivity contribution in [1.82, 2.24) is 5.32 Å². The molecule has 0 radical (unpaired) electrons. The van der Waals surface area contributed by atoms with E-state index in [1.54, 1.807) is 7.11 Å². The molecule has 0 aromatic carbocycles. The molecule has 0 spiro atoms. The number of rotatable bonds is 9. The standard InChI is InChI=1S/C9H17NO5/c1-14-6-7-15-5-3-8(11)10-4-2-9(12)13/h2-7H2,1H3,(H,10,11)(H,12,13). The maximum Gasteiger partial charge on any atom is 0.305 e. The number of hydrogen-bond acceptors (Lipinski definition) is 4. The molecule has 0 atom stereocenters. The highest BCUT2D eigenvalue weighted by atomic mass is 16.5. The third kappa shape index (κ3) is 10.8. The van der Waals surface area contributed by atoms with E-state index in [-0.39, 0.29) is 25.3 Å². The van der Waals surface area contributed by atoms with Crippen LogP contribution in [-0.4, -0.2) is 50.5 Å². The second kappa shape index (κ2) is 9.42. The first kappa shape index (κ1) is 13.9. The van der Waals surface area contributed by atoms with Crippen molar-refractivity contribution in [2.75, 3.05) is 33.5 Å². The number of amides is 1. The molecule has 0 rings (SSSR count). The first-order valence-corrected chi connectivity index (χ1v) is 4.72. The summed E-state index contributed by atoms with van der Waals surface area (Å²) in [5, 5.41) is 10.8. The van der Waals surface area contributed by atoms with Crippen LogP contribution in [0.5, 0.6) is 0 Å². The summed E-state index contributed by atoms with van der Waals surface area (Å²) >= 11 is 0. The number of carbonyl (C=O) groups is 2. The highest BCUT2D eigenvalue weighted by Gasteiger charge is 2.02. The van der Waals surface area contributed by atoms with Crippen LogP contribution >= 0.6 is 0 Å². The quantitative estimate of drug-likeness (QED) is 0.517. The molecule has 0 bridgehead atoms. The van der Waals surface area contributed by atoms with Crippen LogP contribution in [0.25, 0.3) is 0 Å². The van der Waals surface area contributed by atoms with E-state index in [1.165, 1.54) is 0 Å². The minimum atomic E-state index is -0.924. The van der Waals surface area contributed by atoms with Crippen molar-refractivity contribution in [3.8, 4) is 0 Å². The normalized spacial score (nSPS) is 9.93. The predicted octanol–water partition coefficient (Wildman–Crippen LogP) is -0.370. The number of hydrogen-bond donors (Lipinski definition) is 2. The summed E-state index contributed by atoms with van der Waals surface area (Å²) in [6.45, 7) is 1.44. The Bertz CT molecular complexity index is 195. The summed E-state index contributed by atoms with van der Waals surface area (Å²) in [6, 6.07) is 0. The molecule has 0 saturated carbocycles. The van der Waals surface area contributed by atoms with Gasteiger partial charge in [-0.1, -0.05) is 0 Å². The summed E-state index contributed by atoms with van der Waals surface area (Å²) in [5.74, 6) is -1.12. The van der Waals surface area contributed by atoms with Gasteiger partial charge in [-0.25, -0.2) is 0 Å². The van der Waals surface area contributed by atoms with E-state index in [0.717, 1.165) is 0 Å². The summed E-state index contributed by atoms with van der Waals surface area (Å²) in [6.07, 6.45) is 0.180. The molecule has 0 aromatic rings. The number of ether oxygens (including phenoxy) is 2. The average Bonchev–Trinajstić information content (AvgIpc) is 2.17. The fourth-order valence-electron chi connectivity index (χ4n) is 0.806. The van der Waals surface area contributed by atoms with Gasteiger partial charge in [0.1, 0.15) is 0 Å². The van der Waals surface area contributed by atoms with E-state index in [0.29, 0.717) is 19.8 Å². The predicted molar refractivity (Wildman–Crippen MR) is 52.6 cm³/mol. The van der Waals surface area contributed by atoms with Crippen molar-refractivity contribution in [2.24, 2.45) is 0 Å². The Balaban J connectivity index is 3.22. The Labute approximate surface area is 88.6 Å². The molecule has 0 aliphatic carbocycles. The summed E-state index contributed by atoms with van der Waals surface area (Å²) in [5.41, 5.74) is 0. The molecule has 15 heavy (non-hydrogen) atoms. The number of carboxylic acids is 1. The van der Waals surface area contributed by atoms with Crippen molar-refractivity contribution in [2.45, 2.75) is 12.8 Å². The van der Waals surface area contributed by atoms with E-state index >= 15 is 0 Å². The number of aliphatic carboxylic acids is 1. The lowest BCUT2D eigenvalue weighted by molar-refractivity contribution is -0.136. The average molecular weight is 219 g/mol. The molecule has 6 nitrogen and oxygen atoms in total. The largest absolute Gasteiger partial charge is 0.481 e. The Morgan fingerprint density at radius 1 is 1.20 bits per heavy atom. The number of carboxylic acid groups (broad SMARTS) is 1. The van der Waals surface area contributed by atoms with E-state index in [1.807, 2.05) is 0 Å². The molecule has 6 heteroatoms. The van der Waals surface area contributed by atoms with Crippen molar-refractivity contribution in [1.29, 1.82) is 0 Å². The zero-order valence-electron chi connectivity index (χ0n) is 8.82. The molecule has 0 aliphatic rings. The van der Waals surface area contributed by atoms with E-state index < -0.39 is 5.97 Å². The fourth-order valence-corrected chi connectivity index (χ4v) is 0.806. The smallest absolute Gasteiger partial charge is 0.305 e. The lowest BCUT2D eigenvalue weighted by atomic mass is 10.4. The van der Waals surface area contributed by atoms with Gasteiger partial charge in [-0.05, 0) is 0 Å². The molecule has 2 N–H and O–H groups in total. The number of carbonyl (C=O) groups excluding carboxylic acids is 1. The first-order chi connectivity index (χ1) is 7.16. The van der Waals surface area contributed by atoms with Crippen molar-refractivity contribution in [3.63, 3.8) is 0 Å². The Morgan fingerprint density at radius 3 is 2.53 bits per heavy atom. The maximum absolute atomic E-state index is 11.0. The molecule has 0 aliphatic heterocycles. The summed E-state index contributed by atoms with van der Waals surface area (Å²) < 4.78 is 9.82. The van der Waals surface area contributed by atoms with Gasteiger partial charge in [-0.3, -0.25) is 9.59 Å².